The first-order valence-corrected chi connectivity index (χ1v) is 3.82. The highest BCUT2D eigenvalue weighted by molar-refractivity contribution is 4.76. The molecule has 3 heteroatoms. The number of rotatable bonds is 3. The van der Waals surface area contributed by atoms with Crippen LogP contribution in [0.4, 0.5) is 0 Å². The third-order valence-corrected chi connectivity index (χ3v) is 1.92. The topological polar surface area (TPSA) is 21.1 Å². The minimum atomic E-state index is 0.559. The van der Waals surface area contributed by atoms with Crippen LogP contribution in [0.1, 0.15) is 6.92 Å². The monoisotopic (exact) mass is 153 g/mol. The average Bonchev–Trinajstić information content (AvgIpc) is 2.39. The number of hydrogen-bond acceptors (Lipinski definition) is 2. The highest BCUT2D eigenvalue weighted by Gasteiger charge is 2.03. The zero-order valence-corrected chi connectivity index (χ0v) is 7.36. The lowest BCUT2D eigenvalue weighted by Crippen LogP contribution is -2.28. The molecule has 0 saturated carbocycles. The van der Waals surface area contributed by atoms with Gasteiger partial charge in [0.05, 0.1) is 6.33 Å². The Hall–Kier alpha value is -0.830. The van der Waals surface area contributed by atoms with Crippen molar-refractivity contribution in [2.75, 3.05) is 14.1 Å². The largest absolute Gasteiger partial charge is 0.336 e. The normalized spacial score (nSPS) is 13.8. The number of imidazole rings is 1. The zero-order valence-electron chi connectivity index (χ0n) is 7.36. The van der Waals surface area contributed by atoms with Gasteiger partial charge < -0.3 is 9.47 Å². The van der Waals surface area contributed by atoms with E-state index in [1.165, 1.54) is 0 Å². The third kappa shape index (κ3) is 2.35. The summed E-state index contributed by atoms with van der Waals surface area (Å²) in [5.74, 6) is 0. The Labute approximate surface area is 67.7 Å². The second-order valence-corrected chi connectivity index (χ2v) is 3.07. The summed E-state index contributed by atoms with van der Waals surface area (Å²) in [5.41, 5.74) is 0. The summed E-state index contributed by atoms with van der Waals surface area (Å²) >= 11 is 0. The van der Waals surface area contributed by atoms with Crippen molar-refractivity contribution in [1.29, 1.82) is 0 Å². The van der Waals surface area contributed by atoms with Crippen molar-refractivity contribution in [2.45, 2.75) is 19.5 Å². The lowest BCUT2D eigenvalue weighted by molar-refractivity contribution is 0.284. The van der Waals surface area contributed by atoms with Gasteiger partial charge in [-0.15, -0.1) is 0 Å². The number of likely N-dealkylation sites (N-methyl/N-ethyl adjacent to an activating group) is 1. The SMILES string of the molecule is CC(Cn1ccnc1)N(C)C. The van der Waals surface area contributed by atoms with Crippen molar-refractivity contribution < 1.29 is 0 Å². The Bertz CT molecular complexity index is 191. The molecule has 3 nitrogen and oxygen atoms in total. The maximum absolute atomic E-state index is 3.98. The Kier molecular flexibility index (Phi) is 2.65. The molecule has 0 N–H and O–H groups in total. The van der Waals surface area contributed by atoms with Crippen LogP contribution in [0.25, 0.3) is 0 Å². The molecule has 0 saturated heterocycles. The molecule has 1 aromatic rings. The average molecular weight is 153 g/mol. The van der Waals surface area contributed by atoms with Gasteiger partial charge >= 0.3 is 0 Å². The van der Waals surface area contributed by atoms with E-state index < -0.39 is 0 Å². The van der Waals surface area contributed by atoms with Crippen LogP contribution in [0.15, 0.2) is 18.7 Å². The van der Waals surface area contributed by atoms with E-state index in [0.29, 0.717) is 6.04 Å². The summed E-state index contributed by atoms with van der Waals surface area (Å²) in [6, 6.07) is 0.559. The summed E-state index contributed by atoms with van der Waals surface area (Å²) < 4.78 is 2.09. The summed E-state index contributed by atoms with van der Waals surface area (Å²) in [5, 5.41) is 0. The Morgan fingerprint density at radius 2 is 2.27 bits per heavy atom. The molecule has 0 radical (unpaired) electrons. The van der Waals surface area contributed by atoms with Crippen molar-refractivity contribution in [1.82, 2.24) is 14.5 Å². The first kappa shape index (κ1) is 8.27. The summed E-state index contributed by atoms with van der Waals surface area (Å²) in [7, 11) is 4.17. The molecule has 0 spiro atoms. The predicted molar refractivity (Wildman–Crippen MR) is 45.4 cm³/mol. The first-order valence-electron chi connectivity index (χ1n) is 3.82. The quantitative estimate of drug-likeness (QED) is 0.641. The highest BCUT2D eigenvalue weighted by atomic mass is 15.1. The van der Waals surface area contributed by atoms with Gasteiger partial charge in [0.2, 0.25) is 0 Å². The summed E-state index contributed by atoms with van der Waals surface area (Å²) in [4.78, 5) is 6.17. The molecule has 0 bridgehead atoms. The van der Waals surface area contributed by atoms with Crippen molar-refractivity contribution in [3.8, 4) is 0 Å². The van der Waals surface area contributed by atoms with Crippen molar-refractivity contribution in [3.05, 3.63) is 18.7 Å². The highest BCUT2D eigenvalue weighted by Crippen LogP contribution is 1.96. The van der Waals surface area contributed by atoms with Gasteiger partial charge in [-0.25, -0.2) is 4.98 Å². The second kappa shape index (κ2) is 3.53. The van der Waals surface area contributed by atoms with E-state index in [0.717, 1.165) is 6.54 Å². The molecule has 0 amide bonds. The van der Waals surface area contributed by atoms with Crippen LogP contribution in [0, 0.1) is 0 Å². The number of nitrogens with zero attached hydrogens (tertiary/aromatic N) is 3. The molecule has 0 aliphatic heterocycles. The summed E-state index contributed by atoms with van der Waals surface area (Å²) in [6.45, 7) is 3.20. The standard InChI is InChI=1S/C8H15N3/c1-8(10(2)3)6-11-5-4-9-7-11/h4-5,7-8H,6H2,1-3H3. The fourth-order valence-electron chi connectivity index (χ4n) is 0.863. The molecule has 0 aliphatic rings. The van der Waals surface area contributed by atoms with Crippen molar-refractivity contribution >= 4 is 0 Å². The molecular formula is C8H15N3. The van der Waals surface area contributed by atoms with Crippen molar-refractivity contribution in [3.63, 3.8) is 0 Å². The number of hydrogen-bond donors (Lipinski definition) is 0. The zero-order chi connectivity index (χ0) is 8.27. The van der Waals surface area contributed by atoms with Crippen LogP contribution in [-0.4, -0.2) is 34.6 Å². The molecule has 1 heterocycles. The van der Waals surface area contributed by atoms with Crippen LogP contribution in [0.2, 0.25) is 0 Å². The Balaban J connectivity index is 2.43. The molecule has 1 aromatic heterocycles. The van der Waals surface area contributed by atoms with E-state index in [-0.39, 0.29) is 0 Å². The smallest absolute Gasteiger partial charge is 0.0946 e. The van der Waals surface area contributed by atoms with Gasteiger partial charge in [0.15, 0.2) is 0 Å². The minimum Gasteiger partial charge on any atom is -0.336 e. The molecule has 1 unspecified atom stereocenters. The van der Waals surface area contributed by atoms with E-state index in [2.05, 4.69) is 35.5 Å². The molecular weight excluding hydrogens is 138 g/mol. The van der Waals surface area contributed by atoms with Gasteiger partial charge in [-0.05, 0) is 21.0 Å². The minimum absolute atomic E-state index is 0.559. The van der Waals surface area contributed by atoms with Gasteiger partial charge in [-0.2, -0.15) is 0 Å². The van der Waals surface area contributed by atoms with Gasteiger partial charge in [-0.1, -0.05) is 0 Å². The number of aromatic nitrogens is 2. The third-order valence-electron chi connectivity index (χ3n) is 1.92. The maximum atomic E-state index is 3.98. The lowest BCUT2D eigenvalue weighted by atomic mass is 10.3. The molecule has 62 valence electrons. The van der Waals surface area contributed by atoms with E-state index in [1.54, 1.807) is 0 Å². The molecule has 11 heavy (non-hydrogen) atoms. The van der Waals surface area contributed by atoms with E-state index in [1.807, 2.05) is 18.7 Å². The van der Waals surface area contributed by atoms with Crippen LogP contribution >= 0.6 is 0 Å². The van der Waals surface area contributed by atoms with Gasteiger partial charge in [0, 0.05) is 25.0 Å². The fraction of sp³-hybridized carbons (Fsp3) is 0.625. The molecule has 1 atom stereocenters. The van der Waals surface area contributed by atoms with Crippen LogP contribution in [0.3, 0.4) is 0 Å². The van der Waals surface area contributed by atoms with Gasteiger partial charge in [0.1, 0.15) is 0 Å². The molecule has 0 fully saturated rings. The van der Waals surface area contributed by atoms with E-state index in [4.69, 9.17) is 0 Å². The second-order valence-electron chi connectivity index (χ2n) is 3.07. The van der Waals surface area contributed by atoms with E-state index in [9.17, 15) is 0 Å². The Morgan fingerprint density at radius 3 is 2.73 bits per heavy atom. The fourth-order valence-corrected chi connectivity index (χ4v) is 0.863. The summed E-state index contributed by atoms with van der Waals surface area (Å²) in [6.07, 6.45) is 5.64. The molecule has 1 rings (SSSR count). The predicted octanol–water partition coefficient (Wildman–Crippen LogP) is 0.833. The van der Waals surface area contributed by atoms with Crippen molar-refractivity contribution in [2.24, 2.45) is 0 Å². The lowest BCUT2D eigenvalue weighted by Gasteiger charge is -2.19. The van der Waals surface area contributed by atoms with Crippen LogP contribution in [0.5, 0.6) is 0 Å². The molecule has 0 aromatic carbocycles. The first-order chi connectivity index (χ1) is 5.20. The Morgan fingerprint density at radius 1 is 1.55 bits per heavy atom. The van der Waals surface area contributed by atoms with Crippen LogP contribution < -0.4 is 0 Å². The van der Waals surface area contributed by atoms with E-state index >= 15 is 0 Å². The maximum Gasteiger partial charge on any atom is 0.0946 e. The van der Waals surface area contributed by atoms with Gasteiger partial charge in [0.25, 0.3) is 0 Å². The van der Waals surface area contributed by atoms with Gasteiger partial charge in [-0.3, -0.25) is 0 Å². The van der Waals surface area contributed by atoms with Crippen LogP contribution in [-0.2, 0) is 6.54 Å². The molecule has 0 aliphatic carbocycles.